The lowest BCUT2D eigenvalue weighted by molar-refractivity contribution is -0.109. The predicted octanol–water partition coefficient (Wildman–Crippen LogP) is 4.27. The summed E-state index contributed by atoms with van der Waals surface area (Å²) in [7, 11) is 0. The summed E-state index contributed by atoms with van der Waals surface area (Å²) in [5, 5.41) is 8.40. The van der Waals surface area contributed by atoms with Crippen LogP contribution >= 0.6 is 11.6 Å². The smallest absolute Gasteiger partial charge is 0.148 e. The molecule has 23 heavy (non-hydrogen) atoms. The van der Waals surface area contributed by atoms with Gasteiger partial charge in [-0.25, -0.2) is 0 Å². The average molecular weight is 328 g/mol. The molecular formula is C18H18ClN3O. The summed E-state index contributed by atoms with van der Waals surface area (Å²) in [5.41, 5.74) is 9.69. The Labute approximate surface area is 140 Å². The van der Waals surface area contributed by atoms with Crippen LogP contribution in [0.2, 0.25) is 5.02 Å². The molecule has 0 aliphatic carbocycles. The molecule has 2 aromatic rings. The van der Waals surface area contributed by atoms with Crippen LogP contribution in [-0.2, 0) is 4.79 Å². The highest BCUT2D eigenvalue weighted by Crippen LogP contribution is 2.34. The number of nitrogens with one attached hydrogen (secondary N) is 2. The van der Waals surface area contributed by atoms with Crippen molar-refractivity contribution in [2.75, 3.05) is 5.32 Å². The highest BCUT2D eigenvalue weighted by molar-refractivity contribution is 6.30. The third-order valence-corrected chi connectivity index (χ3v) is 4.29. The normalized spacial score (nSPS) is 16.2. The molecule has 1 aliphatic heterocycles. The number of benzene rings is 2. The van der Waals surface area contributed by atoms with E-state index in [1.165, 1.54) is 0 Å². The maximum atomic E-state index is 11.4. The van der Waals surface area contributed by atoms with Crippen LogP contribution in [0.25, 0.3) is 0 Å². The van der Waals surface area contributed by atoms with Gasteiger partial charge in [-0.1, -0.05) is 23.7 Å². The summed E-state index contributed by atoms with van der Waals surface area (Å²) >= 11 is 6.11. The molecule has 0 saturated heterocycles. The molecule has 4 nitrogen and oxygen atoms in total. The quantitative estimate of drug-likeness (QED) is 0.828. The maximum absolute atomic E-state index is 11.4. The minimum absolute atomic E-state index is 0.453. The largest absolute Gasteiger partial charge is 0.355 e. The molecule has 118 valence electrons. The first kappa shape index (κ1) is 15.6. The summed E-state index contributed by atoms with van der Waals surface area (Å²) in [6.07, 6.45) is 0.877. The second-order valence-electron chi connectivity index (χ2n) is 5.75. The highest BCUT2D eigenvalue weighted by atomic mass is 35.5. The number of nitrogens with zero attached hydrogens (tertiary/aromatic N) is 1. The van der Waals surface area contributed by atoms with Gasteiger partial charge in [0, 0.05) is 27.5 Å². The van der Waals surface area contributed by atoms with Crippen molar-refractivity contribution in [2.45, 2.75) is 26.8 Å². The zero-order valence-corrected chi connectivity index (χ0v) is 14.0. The molecule has 0 saturated carbocycles. The van der Waals surface area contributed by atoms with Crippen LogP contribution in [0.1, 0.15) is 35.2 Å². The first-order valence-corrected chi connectivity index (χ1v) is 7.81. The van der Waals surface area contributed by atoms with Crippen molar-refractivity contribution in [3.05, 3.63) is 57.6 Å². The molecule has 2 aromatic carbocycles. The average Bonchev–Trinajstić information content (AvgIpc) is 2.51. The third-order valence-electron chi connectivity index (χ3n) is 4.07. The molecule has 0 aromatic heterocycles. The number of carbonyl (C=O) groups is 1. The lowest BCUT2D eigenvalue weighted by Gasteiger charge is -2.25. The number of fused-ring (bicyclic) bond motifs is 1. The molecule has 0 radical (unpaired) electrons. The van der Waals surface area contributed by atoms with Gasteiger partial charge in [0.2, 0.25) is 0 Å². The number of carbonyl (C=O) groups excluding carboxylic acids is 1. The minimum Gasteiger partial charge on any atom is -0.355 e. The fourth-order valence-electron chi connectivity index (χ4n) is 2.96. The second kappa shape index (κ2) is 6.05. The first-order chi connectivity index (χ1) is 11.0. The van der Waals surface area contributed by atoms with Crippen molar-refractivity contribution in [2.24, 2.45) is 5.10 Å². The molecule has 3 rings (SSSR count). The fourth-order valence-corrected chi connectivity index (χ4v) is 3.28. The van der Waals surface area contributed by atoms with Gasteiger partial charge in [0.05, 0.1) is 5.71 Å². The summed E-state index contributed by atoms with van der Waals surface area (Å²) in [4.78, 5) is 11.4. The van der Waals surface area contributed by atoms with Gasteiger partial charge < -0.3 is 10.1 Å². The van der Waals surface area contributed by atoms with E-state index in [2.05, 4.69) is 15.8 Å². The Balaban J connectivity index is 2.11. The zero-order valence-electron chi connectivity index (χ0n) is 13.3. The summed E-state index contributed by atoms with van der Waals surface area (Å²) in [6, 6.07) is 9.32. The Morgan fingerprint density at radius 2 is 1.91 bits per heavy atom. The third kappa shape index (κ3) is 2.82. The van der Waals surface area contributed by atoms with Crippen molar-refractivity contribution >= 4 is 35.0 Å². The highest BCUT2D eigenvalue weighted by Gasteiger charge is 2.23. The van der Waals surface area contributed by atoms with E-state index >= 15 is 0 Å². The van der Waals surface area contributed by atoms with Crippen molar-refractivity contribution < 1.29 is 4.79 Å². The van der Waals surface area contributed by atoms with E-state index < -0.39 is 6.04 Å². The van der Waals surface area contributed by atoms with E-state index in [-0.39, 0.29) is 0 Å². The van der Waals surface area contributed by atoms with Gasteiger partial charge in [-0.2, -0.15) is 5.10 Å². The van der Waals surface area contributed by atoms with Crippen LogP contribution in [0, 0.1) is 13.8 Å². The maximum Gasteiger partial charge on any atom is 0.148 e. The van der Waals surface area contributed by atoms with Crippen molar-refractivity contribution in [1.29, 1.82) is 0 Å². The number of hydrogen-bond donors (Lipinski definition) is 2. The van der Waals surface area contributed by atoms with Crippen LogP contribution in [-0.4, -0.2) is 12.0 Å². The number of rotatable bonds is 3. The van der Waals surface area contributed by atoms with E-state index in [0.29, 0.717) is 0 Å². The Morgan fingerprint density at radius 3 is 2.57 bits per heavy atom. The molecule has 2 N–H and O–H groups in total. The van der Waals surface area contributed by atoms with Crippen LogP contribution < -0.4 is 10.7 Å². The van der Waals surface area contributed by atoms with Crippen LogP contribution in [0.3, 0.4) is 0 Å². The standard InChI is InChI=1S/C18H18ClN3O/c1-10-7-13(19)8-11(2)18(10)20-15-6-4-5-14-12(3)21-22-16(9-23)17(14)15/h4-9,16,20,22H,1-3H3. The molecule has 1 aliphatic rings. The van der Waals surface area contributed by atoms with E-state index in [0.717, 1.165) is 50.6 Å². The number of aryl methyl sites for hydroxylation is 2. The van der Waals surface area contributed by atoms with E-state index in [1.54, 1.807) is 0 Å². The van der Waals surface area contributed by atoms with Gasteiger partial charge in [0.1, 0.15) is 12.3 Å². The van der Waals surface area contributed by atoms with E-state index in [4.69, 9.17) is 11.6 Å². The topological polar surface area (TPSA) is 53.5 Å². The number of hydrazone groups is 1. The van der Waals surface area contributed by atoms with Crippen molar-refractivity contribution in [3.63, 3.8) is 0 Å². The van der Waals surface area contributed by atoms with Crippen LogP contribution in [0.4, 0.5) is 11.4 Å². The minimum atomic E-state index is -0.453. The van der Waals surface area contributed by atoms with Gasteiger partial charge in [-0.3, -0.25) is 5.43 Å². The fraction of sp³-hybridized carbons (Fsp3) is 0.222. The molecular weight excluding hydrogens is 310 g/mol. The Kier molecular flexibility index (Phi) is 4.09. The van der Waals surface area contributed by atoms with E-state index in [9.17, 15) is 4.79 Å². The lowest BCUT2D eigenvalue weighted by Crippen LogP contribution is -2.27. The predicted molar refractivity (Wildman–Crippen MR) is 94.8 cm³/mol. The number of halogens is 1. The van der Waals surface area contributed by atoms with Crippen LogP contribution in [0.15, 0.2) is 35.4 Å². The first-order valence-electron chi connectivity index (χ1n) is 7.43. The van der Waals surface area contributed by atoms with Gasteiger partial charge in [-0.15, -0.1) is 0 Å². The van der Waals surface area contributed by atoms with Gasteiger partial charge in [-0.05, 0) is 50.1 Å². The van der Waals surface area contributed by atoms with E-state index in [1.807, 2.05) is 51.1 Å². The van der Waals surface area contributed by atoms with Crippen LogP contribution in [0.5, 0.6) is 0 Å². The van der Waals surface area contributed by atoms with Crippen molar-refractivity contribution in [1.82, 2.24) is 5.43 Å². The molecule has 0 bridgehead atoms. The number of hydrogen-bond acceptors (Lipinski definition) is 4. The number of anilines is 2. The molecule has 0 amide bonds. The second-order valence-corrected chi connectivity index (χ2v) is 6.18. The van der Waals surface area contributed by atoms with Gasteiger partial charge >= 0.3 is 0 Å². The molecule has 1 heterocycles. The summed E-state index contributed by atoms with van der Waals surface area (Å²) < 4.78 is 0. The number of aldehydes is 1. The Morgan fingerprint density at radius 1 is 1.22 bits per heavy atom. The molecule has 0 spiro atoms. The summed E-state index contributed by atoms with van der Waals surface area (Å²) in [5.74, 6) is 0. The SMILES string of the molecule is CC1=NNC(C=O)c2c(Nc3c(C)cc(Cl)cc3C)cccc21. The Hall–Kier alpha value is -2.33. The Bertz CT molecular complexity index is 791. The van der Waals surface area contributed by atoms with Gasteiger partial charge in [0.25, 0.3) is 0 Å². The zero-order chi connectivity index (χ0) is 16.6. The summed E-state index contributed by atoms with van der Waals surface area (Å²) in [6.45, 7) is 5.95. The molecule has 1 unspecified atom stereocenters. The van der Waals surface area contributed by atoms with Gasteiger partial charge in [0.15, 0.2) is 0 Å². The molecule has 5 heteroatoms. The molecule has 0 fully saturated rings. The van der Waals surface area contributed by atoms with Crippen molar-refractivity contribution in [3.8, 4) is 0 Å². The lowest BCUT2D eigenvalue weighted by atomic mass is 9.94. The molecule has 1 atom stereocenters. The monoisotopic (exact) mass is 327 g/mol.